The van der Waals surface area contributed by atoms with Gasteiger partial charge in [-0.25, -0.2) is 4.98 Å². The Labute approximate surface area is 121 Å². The average molecular weight is 298 g/mol. The van der Waals surface area contributed by atoms with Gasteiger partial charge in [0.25, 0.3) is 0 Å². The highest BCUT2D eigenvalue weighted by molar-refractivity contribution is 5.57. The molecule has 0 aliphatic carbocycles. The van der Waals surface area contributed by atoms with E-state index in [-0.39, 0.29) is 6.04 Å². The Morgan fingerprint density at radius 3 is 2.29 bits per heavy atom. The van der Waals surface area contributed by atoms with Crippen LogP contribution in [0.15, 0.2) is 30.5 Å². The Hall–Kier alpha value is -1.82. The number of rotatable bonds is 4. The summed E-state index contributed by atoms with van der Waals surface area (Å²) in [4.78, 5) is 3.76. The van der Waals surface area contributed by atoms with Gasteiger partial charge in [-0.1, -0.05) is 24.3 Å². The average Bonchev–Trinajstić information content (AvgIpc) is 2.85. The summed E-state index contributed by atoms with van der Waals surface area (Å²) in [5.41, 5.74) is 0.742. The molecule has 114 valence electrons. The third-order valence-electron chi connectivity index (χ3n) is 3.10. The molecule has 1 aromatic carbocycles. The smallest absolute Gasteiger partial charge is 0.380 e. The van der Waals surface area contributed by atoms with Gasteiger partial charge in [-0.05, 0) is 19.4 Å². The van der Waals surface area contributed by atoms with Gasteiger partial charge < -0.3 is 9.30 Å². The zero-order valence-electron chi connectivity index (χ0n) is 12.1. The van der Waals surface area contributed by atoms with Crippen LogP contribution < -0.4 is 0 Å². The van der Waals surface area contributed by atoms with E-state index in [2.05, 4.69) is 4.98 Å². The van der Waals surface area contributed by atoms with Crippen LogP contribution in [-0.4, -0.2) is 16.7 Å². The van der Waals surface area contributed by atoms with Crippen LogP contribution in [0.25, 0.3) is 11.4 Å². The standard InChI is InChI=1S/C15H17F3N2O/c1-10(2)20-8-13(15(16,17)18)19-14(20)12-6-4-11(5-7-12)9-21-3/h4-8,10H,9H2,1-3H3. The lowest BCUT2D eigenvalue weighted by molar-refractivity contribution is -0.140. The number of hydrogen-bond donors (Lipinski definition) is 0. The first-order chi connectivity index (χ1) is 9.82. The van der Waals surface area contributed by atoms with Crippen LogP contribution in [0.2, 0.25) is 0 Å². The Morgan fingerprint density at radius 2 is 1.81 bits per heavy atom. The summed E-state index contributed by atoms with van der Waals surface area (Å²) >= 11 is 0. The molecule has 21 heavy (non-hydrogen) atoms. The first kappa shape index (κ1) is 15.6. The van der Waals surface area contributed by atoms with Crippen molar-refractivity contribution in [3.8, 4) is 11.4 Å². The predicted molar refractivity (Wildman–Crippen MR) is 73.8 cm³/mol. The number of ether oxygens (including phenoxy) is 1. The molecule has 0 radical (unpaired) electrons. The van der Waals surface area contributed by atoms with Crippen molar-refractivity contribution < 1.29 is 17.9 Å². The van der Waals surface area contributed by atoms with Crippen LogP contribution in [0.3, 0.4) is 0 Å². The number of benzene rings is 1. The lowest BCUT2D eigenvalue weighted by Gasteiger charge is -2.11. The molecule has 0 amide bonds. The zero-order chi connectivity index (χ0) is 15.6. The molecule has 0 saturated carbocycles. The minimum Gasteiger partial charge on any atom is -0.380 e. The molecular weight excluding hydrogens is 281 g/mol. The minimum atomic E-state index is -4.44. The van der Waals surface area contributed by atoms with E-state index in [0.29, 0.717) is 18.0 Å². The molecule has 2 aromatic rings. The summed E-state index contributed by atoms with van der Waals surface area (Å²) in [7, 11) is 1.59. The van der Waals surface area contributed by atoms with Gasteiger partial charge in [0.1, 0.15) is 5.82 Å². The van der Waals surface area contributed by atoms with E-state index in [9.17, 15) is 13.2 Å². The molecule has 2 rings (SSSR count). The van der Waals surface area contributed by atoms with Crippen molar-refractivity contribution in [3.05, 3.63) is 41.7 Å². The molecule has 1 heterocycles. The van der Waals surface area contributed by atoms with Crippen LogP contribution in [0, 0.1) is 0 Å². The van der Waals surface area contributed by atoms with Crippen LogP contribution in [0.5, 0.6) is 0 Å². The van der Waals surface area contributed by atoms with E-state index in [0.717, 1.165) is 11.8 Å². The maximum absolute atomic E-state index is 12.8. The lowest BCUT2D eigenvalue weighted by Crippen LogP contribution is -2.05. The van der Waals surface area contributed by atoms with E-state index in [1.165, 1.54) is 4.57 Å². The number of methoxy groups -OCH3 is 1. The highest BCUT2D eigenvalue weighted by Gasteiger charge is 2.35. The predicted octanol–water partition coefficient (Wildman–Crippen LogP) is 4.30. The van der Waals surface area contributed by atoms with Crippen LogP contribution in [-0.2, 0) is 17.5 Å². The van der Waals surface area contributed by atoms with E-state index in [4.69, 9.17) is 4.74 Å². The fraction of sp³-hybridized carbons (Fsp3) is 0.400. The van der Waals surface area contributed by atoms with Crippen molar-refractivity contribution in [3.63, 3.8) is 0 Å². The van der Waals surface area contributed by atoms with Gasteiger partial charge in [-0.3, -0.25) is 0 Å². The summed E-state index contributed by atoms with van der Waals surface area (Å²) in [6, 6.07) is 7.06. The van der Waals surface area contributed by atoms with E-state index < -0.39 is 11.9 Å². The fourth-order valence-corrected chi connectivity index (χ4v) is 2.05. The van der Waals surface area contributed by atoms with E-state index >= 15 is 0 Å². The number of aromatic nitrogens is 2. The first-order valence-corrected chi connectivity index (χ1v) is 6.57. The van der Waals surface area contributed by atoms with Gasteiger partial charge >= 0.3 is 6.18 Å². The van der Waals surface area contributed by atoms with Crippen molar-refractivity contribution in [2.45, 2.75) is 32.7 Å². The molecule has 0 unspecified atom stereocenters. The molecule has 0 aliphatic heterocycles. The highest BCUT2D eigenvalue weighted by atomic mass is 19.4. The van der Waals surface area contributed by atoms with Gasteiger partial charge in [-0.2, -0.15) is 13.2 Å². The molecule has 3 nitrogen and oxygen atoms in total. The van der Waals surface area contributed by atoms with E-state index in [1.54, 1.807) is 19.2 Å². The molecule has 0 saturated heterocycles. The third-order valence-corrected chi connectivity index (χ3v) is 3.10. The summed E-state index contributed by atoms with van der Waals surface area (Å²) in [5.74, 6) is 0.321. The Bertz CT molecular complexity index is 600. The van der Waals surface area contributed by atoms with Crippen LogP contribution in [0.1, 0.15) is 31.1 Å². The van der Waals surface area contributed by atoms with Gasteiger partial charge in [0.2, 0.25) is 0 Å². The largest absolute Gasteiger partial charge is 0.434 e. The number of hydrogen-bond acceptors (Lipinski definition) is 2. The molecule has 0 fully saturated rings. The summed E-state index contributed by atoms with van der Waals surface area (Å²) in [6.07, 6.45) is -3.38. The Morgan fingerprint density at radius 1 is 1.19 bits per heavy atom. The molecule has 0 atom stereocenters. The molecule has 0 bridgehead atoms. The Kier molecular flexibility index (Phi) is 4.37. The number of nitrogens with zero attached hydrogens (tertiary/aromatic N) is 2. The fourth-order valence-electron chi connectivity index (χ4n) is 2.05. The highest BCUT2D eigenvalue weighted by Crippen LogP contribution is 2.32. The minimum absolute atomic E-state index is 0.109. The zero-order valence-corrected chi connectivity index (χ0v) is 12.1. The third kappa shape index (κ3) is 3.44. The number of halogens is 3. The summed E-state index contributed by atoms with van der Waals surface area (Å²) < 4.78 is 45.0. The summed E-state index contributed by atoms with van der Waals surface area (Å²) in [6.45, 7) is 4.11. The molecule has 1 aromatic heterocycles. The maximum atomic E-state index is 12.8. The monoisotopic (exact) mass is 298 g/mol. The van der Waals surface area contributed by atoms with Gasteiger partial charge in [0, 0.05) is 24.9 Å². The second-order valence-corrected chi connectivity index (χ2v) is 5.08. The molecule has 0 aliphatic rings. The molecule has 0 spiro atoms. The topological polar surface area (TPSA) is 27.1 Å². The second-order valence-electron chi connectivity index (χ2n) is 5.08. The lowest BCUT2D eigenvalue weighted by atomic mass is 10.1. The molecule has 6 heteroatoms. The van der Waals surface area contributed by atoms with Gasteiger partial charge in [0.15, 0.2) is 5.69 Å². The van der Waals surface area contributed by atoms with Crippen LogP contribution in [0.4, 0.5) is 13.2 Å². The molecule has 0 N–H and O–H groups in total. The first-order valence-electron chi connectivity index (χ1n) is 6.57. The number of imidazole rings is 1. The SMILES string of the molecule is COCc1ccc(-c2nc(C(F)(F)F)cn2C(C)C)cc1. The summed E-state index contributed by atoms with van der Waals surface area (Å²) in [5, 5.41) is 0. The van der Waals surface area contributed by atoms with Crippen molar-refractivity contribution in [1.82, 2.24) is 9.55 Å². The maximum Gasteiger partial charge on any atom is 0.434 e. The van der Waals surface area contributed by atoms with Gasteiger partial charge in [-0.15, -0.1) is 0 Å². The van der Waals surface area contributed by atoms with Gasteiger partial charge in [0.05, 0.1) is 6.61 Å². The molecular formula is C15H17F3N2O. The van der Waals surface area contributed by atoms with Crippen LogP contribution >= 0.6 is 0 Å². The van der Waals surface area contributed by atoms with Crippen molar-refractivity contribution in [1.29, 1.82) is 0 Å². The van der Waals surface area contributed by atoms with E-state index in [1.807, 2.05) is 26.0 Å². The second kappa shape index (κ2) is 5.89. The quantitative estimate of drug-likeness (QED) is 0.841. The Balaban J connectivity index is 2.44. The number of alkyl halides is 3. The van der Waals surface area contributed by atoms with Crippen molar-refractivity contribution >= 4 is 0 Å². The van der Waals surface area contributed by atoms with Crippen molar-refractivity contribution in [2.75, 3.05) is 7.11 Å². The normalized spacial score (nSPS) is 12.1. The van der Waals surface area contributed by atoms with Crippen molar-refractivity contribution in [2.24, 2.45) is 0 Å².